The number of nitrogens with one attached hydrogen (secondary N) is 1. The lowest BCUT2D eigenvalue weighted by molar-refractivity contribution is 0.0231. The average Bonchev–Trinajstić information content (AvgIpc) is 2.61. The molecule has 1 atom stereocenters. The second-order valence-electron chi connectivity index (χ2n) is 5.91. The Morgan fingerprint density at radius 1 is 1.30 bits per heavy atom. The number of aliphatic hydroxyl groups is 1. The summed E-state index contributed by atoms with van der Waals surface area (Å²) in [6.07, 6.45) is 6.56. The van der Waals surface area contributed by atoms with Gasteiger partial charge in [0, 0.05) is 22.1 Å². The summed E-state index contributed by atoms with van der Waals surface area (Å²) in [6, 6.07) is 6.08. The van der Waals surface area contributed by atoms with E-state index in [0.29, 0.717) is 6.54 Å². The Balaban J connectivity index is 1.95. The number of halogens is 2. The van der Waals surface area contributed by atoms with Gasteiger partial charge in [-0.3, -0.25) is 0 Å². The molecule has 0 bridgehead atoms. The van der Waals surface area contributed by atoms with E-state index >= 15 is 0 Å². The molecule has 0 saturated heterocycles. The van der Waals surface area contributed by atoms with Crippen LogP contribution in [0.5, 0.6) is 0 Å². The molecule has 1 aromatic rings. The quantitative estimate of drug-likeness (QED) is 0.753. The van der Waals surface area contributed by atoms with E-state index in [2.05, 4.69) is 28.2 Å². The van der Waals surface area contributed by atoms with Gasteiger partial charge in [0.25, 0.3) is 0 Å². The summed E-state index contributed by atoms with van der Waals surface area (Å²) in [5.74, 6) is 0. The zero-order valence-corrected chi connectivity index (χ0v) is 14.3. The zero-order valence-electron chi connectivity index (χ0n) is 12.0. The van der Waals surface area contributed by atoms with Crippen molar-refractivity contribution in [2.45, 2.75) is 57.1 Å². The second kappa shape index (κ2) is 7.26. The number of rotatable bonds is 4. The van der Waals surface area contributed by atoms with E-state index in [1.54, 1.807) is 0 Å². The lowest BCUT2D eigenvalue weighted by atomic mass is 9.94. The van der Waals surface area contributed by atoms with Crippen molar-refractivity contribution in [1.29, 1.82) is 0 Å². The van der Waals surface area contributed by atoms with Crippen LogP contribution in [0.25, 0.3) is 0 Å². The number of hydrogen-bond acceptors (Lipinski definition) is 2. The second-order valence-corrected chi connectivity index (χ2v) is 7.23. The van der Waals surface area contributed by atoms with Crippen molar-refractivity contribution in [3.63, 3.8) is 0 Å². The maximum atomic E-state index is 10.7. The number of benzene rings is 1. The Kier molecular flexibility index (Phi) is 5.91. The molecule has 2 rings (SSSR count). The zero-order chi connectivity index (χ0) is 14.6. The van der Waals surface area contributed by atoms with Crippen LogP contribution >= 0.6 is 27.5 Å². The van der Waals surface area contributed by atoms with Crippen LogP contribution < -0.4 is 5.32 Å². The van der Waals surface area contributed by atoms with Gasteiger partial charge in [-0.2, -0.15) is 0 Å². The van der Waals surface area contributed by atoms with Gasteiger partial charge in [-0.25, -0.2) is 0 Å². The molecule has 1 fully saturated rings. The molecule has 2 N–H and O–H groups in total. The molecule has 1 saturated carbocycles. The van der Waals surface area contributed by atoms with Crippen molar-refractivity contribution >= 4 is 27.5 Å². The van der Waals surface area contributed by atoms with Crippen LogP contribution in [0.3, 0.4) is 0 Å². The monoisotopic (exact) mass is 359 g/mol. The van der Waals surface area contributed by atoms with Crippen molar-refractivity contribution in [1.82, 2.24) is 5.32 Å². The van der Waals surface area contributed by atoms with Gasteiger partial charge in [-0.05, 0) is 37.5 Å². The lowest BCUT2D eigenvalue weighted by Crippen LogP contribution is -2.41. The molecule has 1 aromatic carbocycles. The van der Waals surface area contributed by atoms with Crippen LogP contribution in [0.4, 0.5) is 0 Å². The van der Waals surface area contributed by atoms with E-state index in [4.69, 9.17) is 11.6 Å². The molecular formula is C16H23BrClNO. The Labute approximate surface area is 135 Å². The first-order valence-electron chi connectivity index (χ1n) is 7.41. The molecule has 4 heteroatoms. The van der Waals surface area contributed by atoms with E-state index in [1.807, 2.05) is 18.2 Å². The molecular weight excluding hydrogens is 338 g/mol. The minimum atomic E-state index is -0.549. The molecule has 112 valence electrons. The van der Waals surface area contributed by atoms with E-state index < -0.39 is 5.60 Å². The molecule has 1 aliphatic carbocycles. The molecule has 2 nitrogen and oxygen atoms in total. The minimum Gasteiger partial charge on any atom is -0.389 e. The first-order valence-corrected chi connectivity index (χ1v) is 8.58. The topological polar surface area (TPSA) is 32.3 Å². The summed E-state index contributed by atoms with van der Waals surface area (Å²) in [5, 5.41) is 14.9. The Morgan fingerprint density at radius 3 is 2.55 bits per heavy atom. The van der Waals surface area contributed by atoms with Crippen molar-refractivity contribution in [2.24, 2.45) is 0 Å². The van der Waals surface area contributed by atoms with Gasteiger partial charge in [-0.15, -0.1) is 0 Å². The van der Waals surface area contributed by atoms with Crippen LogP contribution in [-0.4, -0.2) is 17.3 Å². The summed E-state index contributed by atoms with van der Waals surface area (Å²) >= 11 is 9.69. The smallest absolute Gasteiger partial charge is 0.0771 e. The van der Waals surface area contributed by atoms with Crippen LogP contribution in [0.1, 0.15) is 57.1 Å². The van der Waals surface area contributed by atoms with Crippen molar-refractivity contribution in [2.75, 3.05) is 6.54 Å². The fourth-order valence-corrected chi connectivity index (χ4v) is 3.71. The summed E-state index contributed by atoms with van der Waals surface area (Å²) in [5.41, 5.74) is 0.527. The van der Waals surface area contributed by atoms with Gasteiger partial charge in [0.1, 0.15) is 0 Å². The third-order valence-electron chi connectivity index (χ3n) is 4.20. The van der Waals surface area contributed by atoms with Gasteiger partial charge in [0.15, 0.2) is 0 Å². The van der Waals surface area contributed by atoms with Crippen LogP contribution in [0.15, 0.2) is 22.7 Å². The van der Waals surface area contributed by atoms with Crippen molar-refractivity contribution < 1.29 is 5.11 Å². The molecule has 0 amide bonds. The summed E-state index contributed by atoms with van der Waals surface area (Å²) in [6.45, 7) is 2.73. The molecule has 20 heavy (non-hydrogen) atoms. The van der Waals surface area contributed by atoms with E-state index in [9.17, 15) is 5.11 Å². The van der Waals surface area contributed by atoms with Gasteiger partial charge >= 0.3 is 0 Å². The highest BCUT2D eigenvalue weighted by Gasteiger charge is 2.28. The van der Waals surface area contributed by atoms with Gasteiger partial charge < -0.3 is 10.4 Å². The van der Waals surface area contributed by atoms with Crippen molar-refractivity contribution in [3.05, 3.63) is 33.3 Å². The van der Waals surface area contributed by atoms with Gasteiger partial charge in [-0.1, -0.05) is 59.3 Å². The molecule has 0 spiro atoms. The van der Waals surface area contributed by atoms with E-state index in [-0.39, 0.29) is 6.04 Å². The van der Waals surface area contributed by atoms with Gasteiger partial charge in [0.05, 0.1) is 5.60 Å². The summed E-state index contributed by atoms with van der Waals surface area (Å²) in [4.78, 5) is 0. The van der Waals surface area contributed by atoms with Crippen LogP contribution in [-0.2, 0) is 0 Å². The maximum Gasteiger partial charge on any atom is 0.0771 e. The SMILES string of the molecule is CC(NCC1(O)CCCCCC1)c1ccc(Br)cc1Cl. The largest absolute Gasteiger partial charge is 0.389 e. The third-order valence-corrected chi connectivity index (χ3v) is 5.02. The maximum absolute atomic E-state index is 10.7. The van der Waals surface area contributed by atoms with Crippen LogP contribution in [0, 0.1) is 0 Å². The fraction of sp³-hybridized carbons (Fsp3) is 0.625. The Bertz CT molecular complexity index is 444. The highest BCUT2D eigenvalue weighted by Crippen LogP contribution is 2.29. The minimum absolute atomic E-state index is 0.142. The van der Waals surface area contributed by atoms with Crippen molar-refractivity contribution in [3.8, 4) is 0 Å². The summed E-state index contributed by atoms with van der Waals surface area (Å²) in [7, 11) is 0. The Morgan fingerprint density at radius 2 is 1.95 bits per heavy atom. The first kappa shape index (κ1) is 16.3. The highest BCUT2D eigenvalue weighted by molar-refractivity contribution is 9.10. The molecule has 0 aromatic heterocycles. The normalized spacial score (nSPS) is 20.4. The molecule has 0 radical (unpaired) electrons. The van der Waals surface area contributed by atoms with E-state index in [0.717, 1.165) is 40.7 Å². The summed E-state index contributed by atoms with van der Waals surface area (Å²) < 4.78 is 0.987. The molecule has 0 aliphatic heterocycles. The predicted octanol–water partition coefficient (Wildman–Crippen LogP) is 4.84. The fourth-order valence-electron chi connectivity index (χ4n) is 2.87. The first-order chi connectivity index (χ1) is 9.50. The predicted molar refractivity (Wildman–Crippen MR) is 88.2 cm³/mol. The van der Waals surface area contributed by atoms with Gasteiger partial charge in [0.2, 0.25) is 0 Å². The third kappa shape index (κ3) is 4.45. The van der Waals surface area contributed by atoms with Crippen LogP contribution in [0.2, 0.25) is 5.02 Å². The standard InChI is InChI=1S/C16H23BrClNO/c1-12(14-7-6-13(17)10-15(14)18)19-11-16(20)8-4-2-3-5-9-16/h6-7,10,12,19-20H,2-5,8-9,11H2,1H3. The number of hydrogen-bond donors (Lipinski definition) is 2. The lowest BCUT2D eigenvalue weighted by Gasteiger charge is -2.29. The molecule has 0 heterocycles. The Hall–Kier alpha value is -0.0900. The molecule has 1 aliphatic rings. The average molecular weight is 361 g/mol. The molecule has 1 unspecified atom stereocenters. The highest BCUT2D eigenvalue weighted by atomic mass is 79.9. The van der Waals surface area contributed by atoms with E-state index in [1.165, 1.54) is 12.8 Å².